The zero-order chi connectivity index (χ0) is 18.1. The molecular formula is C21H33NO4. The van der Waals surface area contributed by atoms with Crippen LogP contribution in [-0.4, -0.2) is 41.0 Å². The Balaban J connectivity index is 1.56. The van der Waals surface area contributed by atoms with Crippen LogP contribution in [0.25, 0.3) is 0 Å². The van der Waals surface area contributed by atoms with Crippen molar-refractivity contribution in [3.63, 3.8) is 0 Å². The lowest BCUT2D eigenvalue weighted by atomic mass is 9.54. The van der Waals surface area contributed by atoms with E-state index in [9.17, 15) is 9.90 Å². The van der Waals surface area contributed by atoms with Crippen LogP contribution in [0.3, 0.4) is 0 Å². The normalized spacial score (nSPS) is 56.4. The van der Waals surface area contributed by atoms with Gasteiger partial charge >= 0.3 is 5.97 Å². The van der Waals surface area contributed by atoms with Gasteiger partial charge in [0.1, 0.15) is 5.60 Å². The Bertz CT molecular complexity index is 554. The predicted octanol–water partition coefficient (Wildman–Crippen LogP) is 2.39. The van der Waals surface area contributed by atoms with Crippen LogP contribution in [0.15, 0.2) is 0 Å². The number of esters is 1. The minimum atomic E-state index is -0.365. The second-order valence-electron chi connectivity index (χ2n) is 9.87. The van der Waals surface area contributed by atoms with Gasteiger partial charge in [-0.1, -0.05) is 13.3 Å². The standard InChI is InChI=1S/C21H33NO4/c1-11-2-5-16-18(8-11)25-19-10-13(23)4-7-17(19)21(16)15-6-3-12(22)9-14(15)20(24)26-21/h11-19,23H,2-10,22H2,1H3. The van der Waals surface area contributed by atoms with Crippen molar-refractivity contribution >= 4 is 5.97 Å². The number of aliphatic hydroxyl groups is 1. The SMILES string of the molecule is CC1CCC2C(C1)OC1CC(O)CCC1C21OC(=O)C2CC(N)CCC21. The largest absolute Gasteiger partial charge is 0.458 e. The number of fused-ring (bicyclic) bond motifs is 6. The van der Waals surface area contributed by atoms with Crippen molar-refractivity contribution in [2.24, 2.45) is 35.3 Å². The predicted molar refractivity (Wildman–Crippen MR) is 96.1 cm³/mol. The first-order valence-electron chi connectivity index (χ1n) is 10.8. The Morgan fingerprint density at radius 3 is 2.46 bits per heavy atom. The first-order chi connectivity index (χ1) is 12.5. The van der Waals surface area contributed by atoms with Gasteiger partial charge in [0.25, 0.3) is 0 Å². The molecule has 2 heterocycles. The fraction of sp³-hybridized carbons (Fsp3) is 0.952. The second kappa shape index (κ2) is 6.18. The monoisotopic (exact) mass is 363 g/mol. The summed E-state index contributed by atoms with van der Waals surface area (Å²) >= 11 is 0. The third-order valence-electron chi connectivity index (χ3n) is 8.38. The molecule has 1 spiro atoms. The van der Waals surface area contributed by atoms with Crippen molar-refractivity contribution in [2.75, 3.05) is 0 Å². The van der Waals surface area contributed by atoms with Crippen LogP contribution in [0.4, 0.5) is 0 Å². The third kappa shape index (κ3) is 2.43. The Hall–Kier alpha value is -0.650. The highest BCUT2D eigenvalue weighted by molar-refractivity contribution is 5.76. The summed E-state index contributed by atoms with van der Waals surface area (Å²) in [7, 11) is 0. The molecule has 3 aliphatic carbocycles. The first kappa shape index (κ1) is 17.4. The molecule has 0 aromatic carbocycles. The van der Waals surface area contributed by atoms with Crippen molar-refractivity contribution in [3.05, 3.63) is 0 Å². The van der Waals surface area contributed by atoms with Crippen LogP contribution in [0.5, 0.6) is 0 Å². The number of nitrogens with two attached hydrogens (primary N) is 1. The summed E-state index contributed by atoms with van der Waals surface area (Å²) in [6.45, 7) is 2.30. The Kier molecular flexibility index (Phi) is 4.15. The Morgan fingerprint density at radius 1 is 0.962 bits per heavy atom. The molecule has 5 fully saturated rings. The fourth-order valence-electron chi connectivity index (χ4n) is 7.30. The van der Waals surface area contributed by atoms with Crippen LogP contribution in [0, 0.1) is 29.6 Å². The van der Waals surface area contributed by atoms with Crippen LogP contribution >= 0.6 is 0 Å². The minimum absolute atomic E-state index is 0.00528. The number of aliphatic hydroxyl groups excluding tert-OH is 1. The molecule has 5 aliphatic rings. The van der Waals surface area contributed by atoms with Gasteiger partial charge in [0.15, 0.2) is 0 Å². The molecule has 10 atom stereocenters. The highest BCUT2D eigenvalue weighted by Crippen LogP contribution is 2.61. The maximum absolute atomic E-state index is 12.9. The summed E-state index contributed by atoms with van der Waals surface area (Å²) in [5.41, 5.74) is 5.84. The molecule has 146 valence electrons. The van der Waals surface area contributed by atoms with E-state index in [1.165, 1.54) is 6.42 Å². The first-order valence-corrected chi connectivity index (χ1v) is 10.8. The van der Waals surface area contributed by atoms with Gasteiger partial charge in [0, 0.05) is 23.8 Å². The maximum Gasteiger partial charge on any atom is 0.310 e. The van der Waals surface area contributed by atoms with Gasteiger partial charge in [0.2, 0.25) is 0 Å². The fourth-order valence-corrected chi connectivity index (χ4v) is 7.30. The van der Waals surface area contributed by atoms with Crippen molar-refractivity contribution in [1.82, 2.24) is 0 Å². The van der Waals surface area contributed by atoms with E-state index in [4.69, 9.17) is 15.2 Å². The van der Waals surface area contributed by atoms with E-state index in [0.29, 0.717) is 24.2 Å². The molecule has 0 aromatic heterocycles. The second-order valence-corrected chi connectivity index (χ2v) is 9.87. The lowest BCUT2D eigenvalue weighted by Gasteiger charge is -2.59. The van der Waals surface area contributed by atoms with Gasteiger partial charge in [-0.05, 0) is 57.3 Å². The number of ether oxygens (including phenoxy) is 2. The molecule has 0 radical (unpaired) electrons. The smallest absolute Gasteiger partial charge is 0.310 e. The van der Waals surface area contributed by atoms with Gasteiger partial charge in [-0.2, -0.15) is 0 Å². The summed E-state index contributed by atoms with van der Waals surface area (Å²) in [5.74, 6) is 1.49. The number of hydrogen-bond donors (Lipinski definition) is 2. The van der Waals surface area contributed by atoms with Gasteiger partial charge in [-0.3, -0.25) is 4.79 Å². The van der Waals surface area contributed by atoms with Crippen LogP contribution in [0.1, 0.15) is 64.7 Å². The number of rotatable bonds is 0. The summed E-state index contributed by atoms with van der Waals surface area (Å²) < 4.78 is 13.0. The molecule has 5 rings (SSSR count). The van der Waals surface area contributed by atoms with Gasteiger partial charge in [-0.15, -0.1) is 0 Å². The summed E-state index contributed by atoms with van der Waals surface area (Å²) in [6.07, 6.45) is 8.45. The van der Waals surface area contributed by atoms with Crippen molar-refractivity contribution in [2.45, 2.75) is 94.7 Å². The highest BCUT2D eigenvalue weighted by atomic mass is 16.6. The third-order valence-corrected chi connectivity index (χ3v) is 8.38. The van der Waals surface area contributed by atoms with E-state index in [0.717, 1.165) is 44.9 Å². The van der Waals surface area contributed by atoms with E-state index in [1.807, 2.05) is 0 Å². The maximum atomic E-state index is 12.9. The van der Waals surface area contributed by atoms with Crippen molar-refractivity contribution in [1.29, 1.82) is 0 Å². The van der Waals surface area contributed by atoms with Gasteiger partial charge in [-0.25, -0.2) is 0 Å². The van der Waals surface area contributed by atoms with Crippen LogP contribution in [-0.2, 0) is 14.3 Å². The molecule has 0 bridgehead atoms. The van der Waals surface area contributed by atoms with Crippen LogP contribution < -0.4 is 5.73 Å². The van der Waals surface area contributed by atoms with E-state index in [-0.39, 0.29) is 47.8 Å². The molecule has 2 aliphatic heterocycles. The van der Waals surface area contributed by atoms with Crippen molar-refractivity contribution in [3.8, 4) is 0 Å². The van der Waals surface area contributed by atoms with Crippen LogP contribution in [0.2, 0.25) is 0 Å². The minimum Gasteiger partial charge on any atom is -0.458 e. The highest BCUT2D eigenvalue weighted by Gasteiger charge is 2.69. The quantitative estimate of drug-likeness (QED) is 0.646. The average molecular weight is 363 g/mol. The molecular weight excluding hydrogens is 330 g/mol. The zero-order valence-electron chi connectivity index (χ0n) is 15.8. The van der Waals surface area contributed by atoms with Gasteiger partial charge in [0.05, 0.1) is 24.2 Å². The number of carbonyl (C=O) groups excluding carboxylic acids is 1. The Labute approximate surface area is 156 Å². The number of carbonyl (C=O) groups is 1. The summed E-state index contributed by atoms with van der Waals surface area (Å²) in [4.78, 5) is 12.9. The summed E-state index contributed by atoms with van der Waals surface area (Å²) in [6, 6.07) is 0.130. The molecule has 10 unspecified atom stereocenters. The molecule has 3 saturated carbocycles. The van der Waals surface area contributed by atoms with E-state index in [1.54, 1.807) is 0 Å². The van der Waals surface area contributed by atoms with E-state index in [2.05, 4.69) is 6.92 Å². The molecule has 5 nitrogen and oxygen atoms in total. The number of hydrogen-bond acceptors (Lipinski definition) is 5. The van der Waals surface area contributed by atoms with Crippen molar-refractivity contribution < 1.29 is 19.4 Å². The van der Waals surface area contributed by atoms with E-state index < -0.39 is 0 Å². The molecule has 0 amide bonds. The topological polar surface area (TPSA) is 81.8 Å². The average Bonchev–Trinajstić information content (AvgIpc) is 2.87. The molecule has 2 saturated heterocycles. The molecule has 26 heavy (non-hydrogen) atoms. The summed E-state index contributed by atoms with van der Waals surface area (Å²) in [5, 5.41) is 10.2. The zero-order valence-corrected chi connectivity index (χ0v) is 15.8. The lowest BCUT2D eigenvalue weighted by molar-refractivity contribution is -0.265. The Morgan fingerprint density at radius 2 is 1.65 bits per heavy atom. The molecule has 3 N–H and O–H groups in total. The molecule has 5 heteroatoms. The lowest BCUT2D eigenvalue weighted by Crippen LogP contribution is -2.65. The van der Waals surface area contributed by atoms with Gasteiger partial charge < -0.3 is 20.3 Å². The van der Waals surface area contributed by atoms with E-state index >= 15 is 0 Å². The molecule has 0 aromatic rings.